The Morgan fingerprint density at radius 2 is 2.24 bits per heavy atom. The van der Waals surface area contributed by atoms with E-state index in [9.17, 15) is 9.59 Å². The van der Waals surface area contributed by atoms with E-state index in [1.165, 1.54) is 7.11 Å². The van der Waals surface area contributed by atoms with Crippen LogP contribution >= 0.6 is 0 Å². The fourth-order valence-corrected chi connectivity index (χ4v) is 2.41. The molecule has 92 valence electrons. The van der Waals surface area contributed by atoms with Crippen LogP contribution in [0.5, 0.6) is 0 Å². The molecule has 0 saturated heterocycles. The van der Waals surface area contributed by atoms with Crippen LogP contribution < -0.4 is 0 Å². The van der Waals surface area contributed by atoms with Crippen molar-refractivity contribution < 1.29 is 14.3 Å². The van der Waals surface area contributed by atoms with Gasteiger partial charge >= 0.3 is 5.97 Å². The molecule has 0 fully saturated rings. The number of esters is 1. The number of aromatic nitrogens is 1. The van der Waals surface area contributed by atoms with Crippen molar-refractivity contribution in [2.24, 2.45) is 0 Å². The van der Waals surface area contributed by atoms with E-state index in [-0.39, 0.29) is 11.8 Å². The molecule has 1 aliphatic carbocycles. The van der Waals surface area contributed by atoms with Crippen LogP contribution in [0.4, 0.5) is 0 Å². The zero-order valence-electron chi connectivity index (χ0n) is 10.3. The van der Waals surface area contributed by atoms with Crippen molar-refractivity contribution >= 4 is 11.8 Å². The SMILES string of the molecule is COC(=O)CCn1c(C)cc2c1CCCC2=O. The number of carbonyl (C=O) groups excluding carboxylic acids is 2. The minimum Gasteiger partial charge on any atom is -0.469 e. The van der Waals surface area contributed by atoms with E-state index < -0.39 is 0 Å². The predicted molar refractivity (Wildman–Crippen MR) is 63.1 cm³/mol. The lowest BCUT2D eigenvalue weighted by Gasteiger charge is -2.15. The van der Waals surface area contributed by atoms with E-state index in [1.807, 2.05) is 13.0 Å². The Kier molecular flexibility index (Phi) is 3.31. The van der Waals surface area contributed by atoms with E-state index in [0.717, 1.165) is 29.8 Å². The molecule has 0 bridgehead atoms. The van der Waals surface area contributed by atoms with Gasteiger partial charge in [-0.2, -0.15) is 0 Å². The van der Waals surface area contributed by atoms with Crippen LogP contribution in [0.1, 0.15) is 41.0 Å². The summed E-state index contributed by atoms with van der Waals surface area (Å²) < 4.78 is 6.71. The standard InChI is InChI=1S/C13H17NO3/c1-9-8-10-11(4-3-5-12(10)15)14(9)7-6-13(16)17-2/h8H,3-7H2,1-2H3. The third-order valence-electron chi connectivity index (χ3n) is 3.30. The maximum absolute atomic E-state index is 11.7. The molecule has 0 N–H and O–H groups in total. The first-order valence-electron chi connectivity index (χ1n) is 5.92. The lowest BCUT2D eigenvalue weighted by Crippen LogP contribution is -2.15. The van der Waals surface area contributed by atoms with Crippen molar-refractivity contribution in [2.45, 2.75) is 39.2 Å². The number of fused-ring (bicyclic) bond motifs is 1. The van der Waals surface area contributed by atoms with Crippen molar-refractivity contribution in [3.8, 4) is 0 Å². The number of rotatable bonds is 3. The van der Waals surface area contributed by atoms with Crippen molar-refractivity contribution in [1.29, 1.82) is 0 Å². The average Bonchev–Trinajstić information content (AvgIpc) is 2.64. The highest BCUT2D eigenvalue weighted by atomic mass is 16.5. The topological polar surface area (TPSA) is 48.3 Å². The molecule has 2 rings (SSSR count). The molecule has 0 atom stereocenters. The number of hydrogen-bond acceptors (Lipinski definition) is 3. The third kappa shape index (κ3) is 2.25. The second-order valence-corrected chi connectivity index (χ2v) is 4.40. The van der Waals surface area contributed by atoms with E-state index in [2.05, 4.69) is 9.30 Å². The zero-order chi connectivity index (χ0) is 12.4. The summed E-state index contributed by atoms with van der Waals surface area (Å²) in [5.41, 5.74) is 2.98. The largest absolute Gasteiger partial charge is 0.469 e. The second-order valence-electron chi connectivity index (χ2n) is 4.40. The molecule has 4 nitrogen and oxygen atoms in total. The minimum atomic E-state index is -0.214. The highest BCUT2D eigenvalue weighted by Gasteiger charge is 2.22. The first-order chi connectivity index (χ1) is 8.13. The summed E-state index contributed by atoms with van der Waals surface area (Å²) in [6.07, 6.45) is 2.84. The molecule has 17 heavy (non-hydrogen) atoms. The summed E-state index contributed by atoms with van der Waals surface area (Å²) in [6.45, 7) is 2.57. The number of methoxy groups -OCH3 is 1. The molecular formula is C13H17NO3. The molecule has 0 aliphatic heterocycles. The Balaban J connectivity index is 2.22. The van der Waals surface area contributed by atoms with Crippen molar-refractivity contribution in [3.05, 3.63) is 23.0 Å². The van der Waals surface area contributed by atoms with Crippen LogP contribution in [0.3, 0.4) is 0 Å². The molecular weight excluding hydrogens is 218 g/mol. The van der Waals surface area contributed by atoms with Gasteiger partial charge in [-0.15, -0.1) is 0 Å². The van der Waals surface area contributed by atoms with Crippen LogP contribution in [0.15, 0.2) is 6.07 Å². The van der Waals surface area contributed by atoms with Crippen molar-refractivity contribution in [2.75, 3.05) is 7.11 Å². The summed E-state index contributed by atoms with van der Waals surface area (Å²) in [6, 6.07) is 1.94. The van der Waals surface area contributed by atoms with Gasteiger partial charge in [0, 0.05) is 29.9 Å². The Bertz CT molecular complexity index is 459. The Morgan fingerprint density at radius 3 is 2.94 bits per heavy atom. The fourth-order valence-electron chi connectivity index (χ4n) is 2.41. The molecule has 0 unspecified atom stereocenters. The molecule has 1 heterocycles. The number of hydrogen-bond donors (Lipinski definition) is 0. The van der Waals surface area contributed by atoms with Crippen molar-refractivity contribution in [3.63, 3.8) is 0 Å². The van der Waals surface area contributed by atoms with E-state index in [4.69, 9.17) is 0 Å². The first kappa shape index (κ1) is 11.9. The normalized spacial score (nSPS) is 14.6. The van der Waals surface area contributed by atoms with Gasteiger partial charge in [-0.05, 0) is 25.8 Å². The number of Topliss-reactive ketones (excluding diaryl/α,β-unsaturated/α-hetero) is 1. The van der Waals surface area contributed by atoms with Crippen LogP contribution in [-0.4, -0.2) is 23.4 Å². The molecule has 1 aromatic heterocycles. The minimum absolute atomic E-state index is 0.214. The van der Waals surface area contributed by atoms with Gasteiger partial charge in [-0.1, -0.05) is 0 Å². The fraction of sp³-hybridized carbons (Fsp3) is 0.538. The number of nitrogens with zero attached hydrogens (tertiary/aromatic N) is 1. The van der Waals surface area contributed by atoms with Gasteiger partial charge in [0.05, 0.1) is 13.5 Å². The summed E-state index contributed by atoms with van der Waals surface area (Å²) in [5.74, 6) is 0.0140. The maximum Gasteiger partial charge on any atom is 0.307 e. The molecule has 1 aliphatic rings. The van der Waals surface area contributed by atoms with Gasteiger partial charge in [0.2, 0.25) is 0 Å². The smallest absolute Gasteiger partial charge is 0.307 e. The van der Waals surface area contributed by atoms with E-state index in [1.54, 1.807) is 0 Å². The zero-order valence-corrected chi connectivity index (χ0v) is 10.3. The summed E-state index contributed by atoms with van der Waals surface area (Å²) in [5, 5.41) is 0. The maximum atomic E-state index is 11.7. The van der Waals surface area contributed by atoms with E-state index in [0.29, 0.717) is 19.4 Å². The molecule has 0 radical (unpaired) electrons. The monoisotopic (exact) mass is 235 g/mol. The molecule has 0 saturated carbocycles. The number of ether oxygens (including phenoxy) is 1. The summed E-state index contributed by atoms with van der Waals surface area (Å²) in [4.78, 5) is 22.9. The van der Waals surface area contributed by atoms with Crippen LogP contribution in [0, 0.1) is 6.92 Å². The number of aryl methyl sites for hydroxylation is 1. The molecule has 1 aromatic rings. The third-order valence-corrected chi connectivity index (χ3v) is 3.30. The Hall–Kier alpha value is -1.58. The highest BCUT2D eigenvalue weighted by Crippen LogP contribution is 2.25. The Morgan fingerprint density at radius 1 is 1.47 bits per heavy atom. The Labute approximate surface area is 101 Å². The summed E-state index contributed by atoms with van der Waals surface area (Å²) in [7, 11) is 1.39. The summed E-state index contributed by atoms with van der Waals surface area (Å²) >= 11 is 0. The lowest BCUT2D eigenvalue weighted by molar-refractivity contribution is -0.140. The van der Waals surface area contributed by atoms with Gasteiger partial charge in [-0.3, -0.25) is 9.59 Å². The van der Waals surface area contributed by atoms with Crippen molar-refractivity contribution in [1.82, 2.24) is 4.57 Å². The highest BCUT2D eigenvalue weighted by molar-refractivity contribution is 5.98. The quantitative estimate of drug-likeness (QED) is 0.751. The second kappa shape index (κ2) is 4.73. The van der Waals surface area contributed by atoms with Gasteiger partial charge in [-0.25, -0.2) is 0 Å². The van der Waals surface area contributed by atoms with Gasteiger partial charge < -0.3 is 9.30 Å². The van der Waals surface area contributed by atoms with Crippen LogP contribution in [-0.2, 0) is 22.5 Å². The number of ketones is 1. The lowest BCUT2D eigenvalue weighted by atomic mass is 9.96. The number of carbonyl (C=O) groups is 2. The average molecular weight is 235 g/mol. The first-order valence-corrected chi connectivity index (χ1v) is 5.92. The van der Waals surface area contributed by atoms with Crippen LogP contribution in [0.2, 0.25) is 0 Å². The van der Waals surface area contributed by atoms with E-state index >= 15 is 0 Å². The van der Waals surface area contributed by atoms with Gasteiger partial charge in [0.1, 0.15) is 0 Å². The predicted octanol–water partition coefficient (Wildman–Crippen LogP) is 1.88. The molecule has 0 spiro atoms. The molecule has 0 aromatic carbocycles. The van der Waals surface area contributed by atoms with Crippen LogP contribution in [0.25, 0.3) is 0 Å². The van der Waals surface area contributed by atoms with Gasteiger partial charge in [0.15, 0.2) is 5.78 Å². The van der Waals surface area contributed by atoms with Gasteiger partial charge in [0.25, 0.3) is 0 Å². The molecule has 4 heteroatoms. The molecule has 0 amide bonds.